The van der Waals surface area contributed by atoms with Crippen molar-refractivity contribution in [2.24, 2.45) is 0 Å². The number of fused-ring (bicyclic) bond motifs is 1. The Balaban J connectivity index is 1.77. The normalized spacial score (nSPS) is 13.0. The van der Waals surface area contributed by atoms with Crippen LogP contribution in [0.2, 0.25) is 0 Å². The molecule has 3 rings (SSSR count). The summed E-state index contributed by atoms with van der Waals surface area (Å²) in [6, 6.07) is 12.0. The molecule has 0 atom stereocenters. The third-order valence-corrected chi connectivity index (χ3v) is 4.45. The summed E-state index contributed by atoms with van der Waals surface area (Å²) in [5.74, 6) is -0.0102. The monoisotopic (exact) mass is 323 g/mol. The minimum atomic E-state index is -0.0102. The van der Waals surface area contributed by atoms with Crippen molar-refractivity contribution in [1.82, 2.24) is 4.98 Å². The Morgan fingerprint density at radius 2 is 1.88 bits per heavy atom. The molecule has 1 aromatic carbocycles. The lowest BCUT2D eigenvalue weighted by atomic mass is 10.2. The Morgan fingerprint density at radius 3 is 2.54 bits per heavy atom. The lowest BCUT2D eigenvalue weighted by Crippen LogP contribution is -2.30. The first-order valence-electron chi connectivity index (χ1n) is 8.85. The van der Waals surface area contributed by atoms with Gasteiger partial charge in [-0.1, -0.05) is 32.0 Å². The molecule has 0 radical (unpaired) electrons. The zero-order chi connectivity index (χ0) is 16.9. The van der Waals surface area contributed by atoms with Gasteiger partial charge in [-0.15, -0.1) is 0 Å². The van der Waals surface area contributed by atoms with Crippen LogP contribution >= 0.6 is 0 Å². The molecule has 0 aliphatic carbocycles. The summed E-state index contributed by atoms with van der Waals surface area (Å²) in [6.07, 6.45) is 4.96. The predicted octanol–water partition coefficient (Wildman–Crippen LogP) is 3.91. The molecule has 4 nitrogen and oxygen atoms in total. The number of carbonyl (C=O) groups is 1. The van der Waals surface area contributed by atoms with Gasteiger partial charge in [0.1, 0.15) is 5.69 Å². The second-order valence-corrected chi connectivity index (χ2v) is 6.22. The fourth-order valence-electron chi connectivity index (χ4n) is 3.30. The van der Waals surface area contributed by atoms with Crippen LogP contribution < -0.4 is 9.80 Å². The average molecular weight is 323 g/mol. The molecule has 4 heteroatoms. The van der Waals surface area contributed by atoms with E-state index in [0.717, 1.165) is 50.3 Å². The highest BCUT2D eigenvalue weighted by molar-refractivity contribution is 6.06. The molecule has 0 bridgehead atoms. The van der Waals surface area contributed by atoms with Gasteiger partial charge in [0.2, 0.25) is 0 Å². The maximum Gasteiger partial charge on any atom is 0.276 e. The summed E-state index contributed by atoms with van der Waals surface area (Å²) < 4.78 is 0. The second-order valence-electron chi connectivity index (χ2n) is 6.22. The van der Waals surface area contributed by atoms with Crippen molar-refractivity contribution < 1.29 is 4.79 Å². The number of benzene rings is 1. The Kier molecular flexibility index (Phi) is 5.14. The van der Waals surface area contributed by atoms with E-state index in [4.69, 9.17) is 0 Å². The summed E-state index contributed by atoms with van der Waals surface area (Å²) in [5, 5.41) is 0. The Labute approximate surface area is 144 Å². The molecule has 0 saturated carbocycles. The van der Waals surface area contributed by atoms with Gasteiger partial charge in [0, 0.05) is 25.3 Å². The average Bonchev–Trinajstić information content (AvgIpc) is 3.05. The number of amides is 1. The fourth-order valence-corrected chi connectivity index (χ4v) is 3.30. The summed E-state index contributed by atoms with van der Waals surface area (Å²) >= 11 is 0. The van der Waals surface area contributed by atoms with E-state index in [9.17, 15) is 4.79 Å². The number of pyridine rings is 1. The lowest BCUT2D eigenvalue weighted by Gasteiger charge is -2.23. The van der Waals surface area contributed by atoms with Gasteiger partial charge in [0.15, 0.2) is 0 Å². The van der Waals surface area contributed by atoms with Crippen molar-refractivity contribution in [3.8, 4) is 0 Å². The first kappa shape index (κ1) is 16.5. The highest BCUT2D eigenvalue weighted by atomic mass is 16.2. The van der Waals surface area contributed by atoms with E-state index in [-0.39, 0.29) is 5.91 Å². The van der Waals surface area contributed by atoms with Crippen LogP contribution in [0.5, 0.6) is 0 Å². The van der Waals surface area contributed by atoms with Gasteiger partial charge in [-0.25, -0.2) is 4.98 Å². The number of hydrogen-bond acceptors (Lipinski definition) is 3. The number of anilines is 2. The zero-order valence-corrected chi connectivity index (χ0v) is 14.5. The highest BCUT2D eigenvalue weighted by Gasteiger charge is 2.25. The smallest absolute Gasteiger partial charge is 0.276 e. The van der Waals surface area contributed by atoms with E-state index in [0.29, 0.717) is 5.69 Å². The number of aromatic nitrogens is 1. The SMILES string of the molecule is CCCN(CCC)c1ccc(C(=O)N2CCc3ccccc32)nc1. The van der Waals surface area contributed by atoms with Crippen LogP contribution in [-0.2, 0) is 6.42 Å². The Morgan fingerprint density at radius 1 is 1.12 bits per heavy atom. The molecule has 1 aromatic heterocycles. The molecule has 1 amide bonds. The van der Waals surface area contributed by atoms with Gasteiger partial charge >= 0.3 is 0 Å². The third-order valence-electron chi connectivity index (χ3n) is 4.45. The molecule has 0 N–H and O–H groups in total. The van der Waals surface area contributed by atoms with Gasteiger partial charge in [0.25, 0.3) is 5.91 Å². The van der Waals surface area contributed by atoms with Crippen LogP contribution in [0, 0.1) is 0 Å². The molecule has 126 valence electrons. The standard InChI is InChI=1S/C20H25N3O/c1-3-12-22(13-4-2)17-9-10-18(21-15-17)20(24)23-14-11-16-7-5-6-8-19(16)23/h5-10,15H,3-4,11-14H2,1-2H3. The van der Waals surface area contributed by atoms with Gasteiger partial charge in [0.05, 0.1) is 11.9 Å². The Bertz CT molecular complexity index is 690. The van der Waals surface area contributed by atoms with Crippen molar-refractivity contribution in [1.29, 1.82) is 0 Å². The van der Waals surface area contributed by atoms with Crippen LogP contribution in [0.3, 0.4) is 0 Å². The molecule has 24 heavy (non-hydrogen) atoms. The summed E-state index contributed by atoms with van der Waals surface area (Å²) in [6.45, 7) is 7.13. The maximum atomic E-state index is 12.8. The number of hydrogen-bond donors (Lipinski definition) is 0. The molecule has 0 unspecified atom stereocenters. The first-order valence-corrected chi connectivity index (χ1v) is 8.85. The number of rotatable bonds is 6. The maximum absolute atomic E-state index is 12.8. The quantitative estimate of drug-likeness (QED) is 0.808. The van der Waals surface area contributed by atoms with Gasteiger partial charge in [-0.05, 0) is 43.0 Å². The van der Waals surface area contributed by atoms with E-state index in [1.54, 1.807) is 0 Å². The van der Waals surface area contributed by atoms with Gasteiger partial charge < -0.3 is 9.80 Å². The van der Waals surface area contributed by atoms with Crippen LogP contribution in [0.4, 0.5) is 11.4 Å². The van der Waals surface area contributed by atoms with Crippen molar-refractivity contribution in [2.75, 3.05) is 29.4 Å². The summed E-state index contributed by atoms with van der Waals surface area (Å²) in [5.41, 5.74) is 3.87. The molecule has 0 saturated heterocycles. The van der Waals surface area contributed by atoms with E-state index in [1.165, 1.54) is 5.56 Å². The molecule has 1 aliphatic heterocycles. The predicted molar refractivity (Wildman–Crippen MR) is 98.9 cm³/mol. The minimum absolute atomic E-state index is 0.0102. The molecule has 2 heterocycles. The van der Waals surface area contributed by atoms with Crippen molar-refractivity contribution in [3.63, 3.8) is 0 Å². The van der Waals surface area contributed by atoms with Crippen molar-refractivity contribution in [3.05, 3.63) is 53.9 Å². The van der Waals surface area contributed by atoms with Crippen molar-refractivity contribution in [2.45, 2.75) is 33.1 Å². The van der Waals surface area contributed by atoms with Crippen LogP contribution in [0.1, 0.15) is 42.7 Å². The van der Waals surface area contributed by atoms with E-state index in [2.05, 4.69) is 29.8 Å². The van der Waals surface area contributed by atoms with E-state index in [1.807, 2.05) is 41.4 Å². The summed E-state index contributed by atoms with van der Waals surface area (Å²) in [4.78, 5) is 21.4. The molecule has 1 aliphatic rings. The Hall–Kier alpha value is -2.36. The van der Waals surface area contributed by atoms with E-state index < -0.39 is 0 Å². The molecule has 0 fully saturated rings. The van der Waals surface area contributed by atoms with Crippen molar-refractivity contribution >= 4 is 17.3 Å². The first-order chi connectivity index (χ1) is 11.7. The zero-order valence-electron chi connectivity index (χ0n) is 14.5. The third kappa shape index (κ3) is 3.28. The molecular weight excluding hydrogens is 298 g/mol. The van der Waals surface area contributed by atoms with Gasteiger partial charge in [-0.3, -0.25) is 4.79 Å². The van der Waals surface area contributed by atoms with Crippen LogP contribution in [0.25, 0.3) is 0 Å². The topological polar surface area (TPSA) is 36.4 Å². The van der Waals surface area contributed by atoms with Gasteiger partial charge in [-0.2, -0.15) is 0 Å². The fraction of sp³-hybridized carbons (Fsp3) is 0.400. The molecular formula is C20H25N3O. The molecule has 0 spiro atoms. The lowest BCUT2D eigenvalue weighted by molar-refractivity contribution is 0.0984. The second kappa shape index (κ2) is 7.47. The number of nitrogens with zero attached hydrogens (tertiary/aromatic N) is 3. The number of carbonyl (C=O) groups excluding carboxylic acids is 1. The van der Waals surface area contributed by atoms with Crippen LogP contribution in [0.15, 0.2) is 42.6 Å². The number of para-hydroxylation sites is 1. The largest absolute Gasteiger partial charge is 0.370 e. The van der Waals surface area contributed by atoms with Crippen LogP contribution in [-0.4, -0.2) is 30.5 Å². The highest BCUT2D eigenvalue weighted by Crippen LogP contribution is 2.28. The summed E-state index contributed by atoms with van der Waals surface area (Å²) in [7, 11) is 0. The minimum Gasteiger partial charge on any atom is -0.370 e. The molecule has 2 aromatic rings. The van der Waals surface area contributed by atoms with E-state index >= 15 is 0 Å².